The summed E-state index contributed by atoms with van der Waals surface area (Å²) in [5.41, 5.74) is 2.55. The van der Waals surface area contributed by atoms with Gasteiger partial charge in [0, 0.05) is 11.9 Å². The van der Waals surface area contributed by atoms with E-state index in [1.54, 1.807) is 23.0 Å². The summed E-state index contributed by atoms with van der Waals surface area (Å²) < 4.78 is 22.4. The van der Waals surface area contributed by atoms with Crippen LogP contribution in [0.15, 0.2) is 40.1 Å². The second-order valence-electron chi connectivity index (χ2n) is 3.75. The van der Waals surface area contributed by atoms with Gasteiger partial charge in [-0.05, 0) is 17.7 Å². The van der Waals surface area contributed by atoms with E-state index in [4.69, 9.17) is 5.14 Å². The molecule has 0 saturated heterocycles. The zero-order chi connectivity index (χ0) is 13.9. The largest absolute Gasteiger partial charge is 0.347 e. The van der Waals surface area contributed by atoms with Crippen LogP contribution in [0.2, 0.25) is 0 Å². The smallest absolute Gasteiger partial charge is 0.271 e. The molecule has 0 fully saturated rings. The van der Waals surface area contributed by atoms with Crippen molar-refractivity contribution in [2.45, 2.75) is 11.4 Å². The molecule has 0 atom stereocenters. The Morgan fingerprint density at radius 1 is 1.42 bits per heavy atom. The van der Waals surface area contributed by atoms with Crippen molar-refractivity contribution in [3.8, 4) is 0 Å². The molecule has 0 aliphatic heterocycles. The van der Waals surface area contributed by atoms with Crippen molar-refractivity contribution in [2.75, 3.05) is 0 Å². The zero-order valence-electron chi connectivity index (χ0n) is 9.74. The number of rotatable bonds is 4. The molecule has 2 aromatic rings. The van der Waals surface area contributed by atoms with Crippen molar-refractivity contribution >= 4 is 27.3 Å². The van der Waals surface area contributed by atoms with Gasteiger partial charge >= 0.3 is 0 Å². The van der Waals surface area contributed by atoms with Gasteiger partial charge in [-0.3, -0.25) is 4.79 Å². The molecule has 1 aromatic heterocycles. The number of hydrogen-bond donors (Lipinski definition) is 2. The fraction of sp³-hybridized carbons (Fsp3) is 0.0909. The number of sulfonamides is 1. The molecule has 0 spiro atoms. The second-order valence-corrected chi connectivity index (χ2v) is 6.03. The van der Waals surface area contributed by atoms with Crippen LogP contribution in [0.5, 0.6) is 0 Å². The van der Waals surface area contributed by atoms with Crippen molar-refractivity contribution < 1.29 is 13.2 Å². The van der Waals surface area contributed by atoms with Gasteiger partial charge < -0.3 is 5.32 Å². The lowest BCUT2D eigenvalue weighted by atomic mass is 10.2. The molecular formula is C11H11N3O3S2. The maximum atomic E-state index is 11.7. The number of thiazole rings is 1. The van der Waals surface area contributed by atoms with Crippen LogP contribution in [0.4, 0.5) is 0 Å². The van der Waals surface area contributed by atoms with Crippen molar-refractivity contribution in [3.05, 3.63) is 46.4 Å². The van der Waals surface area contributed by atoms with E-state index < -0.39 is 10.0 Å². The summed E-state index contributed by atoms with van der Waals surface area (Å²) in [7, 11) is -3.73. The summed E-state index contributed by atoms with van der Waals surface area (Å²) >= 11 is 1.33. The predicted molar refractivity (Wildman–Crippen MR) is 71.1 cm³/mol. The van der Waals surface area contributed by atoms with Crippen LogP contribution in [-0.4, -0.2) is 19.3 Å². The number of hydrogen-bond acceptors (Lipinski definition) is 5. The van der Waals surface area contributed by atoms with Crippen molar-refractivity contribution in [1.29, 1.82) is 0 Å². The summed E-state index contributed by atoms with van der Waals surface area (Å²) in [6.45, 7) is 0.208. The van der Waals surface area contributed by atoms with Crippen LogP contribution in [0.1, 0.15) is 16.1 Å². The maximum absolute atomic E-state index is 11.7. The van der Waals surface area contributed by atoms with Crippen LogP contribution in [0.3, 0.4) is 0 Å². The van der Waals surface area contributed by atoms with Gasteiger partial charge in [-0.15, -0.1) is 11.3 Å². The maximum Gasteiger partial charge on any atom is 0.271 e. The Morgan fingerprint density at radius 2 is 2.21 bits per heavy atom. The average molecular weight is 297 g/mol. The Balaban J connectivity index is 2.06. The first-order valence-corrected chi connectivity index (χ1v) is 7.74. The number of benzene rings is 1. The molecule has 0 bridgehead atoms. The molecule has 8 heteroatoms. The Labute approximate surface area is 114 Å². The highest BCUT2D eigenvalue weighted by Gasteiger charge is 2.10. The second kappa shape index (κ2) is 5.47. The van der Waals surface area contributed by atoms with Crippen molar-refractivity contribution in [2.24, 2.45) is 5.14 Å². The first kappa shape index (κ1) is 13.7. The number of primary sulfonamides is 1. The normalized spacial score (nSPS) is 11.2. The third kappa shape index (κ3) is 3.60. The lowest BCUT2D eigenvalue weighted by Gasteiger charge is -2.05. The quantitative estimate of drug-likeness (QED) is 0.868. The molecule has 0 saturated carbocycles. The molecule has 1 heterocycles. The molecule has 100 valence electrons. The van der Waals surface area contributed by atoms with E-state index in [2.05, 4.69) is 10.3 Å². The molecular weight excluding hydrogens is 286 g/mol. The van der Waals surface area contributed by atoms with Gasteiger partial charge in [0.15, 0.2) is 0 Å². The molecule has 1 amide bonds. The summed E-state index contributed by atoms with van der Waals surface area (Å²) in [5.74, 6) is -0.303. The van der Waals surface area contributed by atoms with Gasteiger partial charge in [-0.25, -0.2) is 18.5 Å². The lowest BCUT2D eigenvalue weighted by molar-refractivity contribution is 0.0946. The Kier molecular flexibility index (Phi) is 3.93. The van der Waals surface area contributed by atoms with Gasteiger partial charge in [0.1, 0.15) is 5.69 Å². The molecule has 0 radical (unpaired) electrons. The number of carbonyl (C=O) groups excluding carboxylic acids is 1. The first-order valence-electron chi connectivity index (χ1n) is 5.25. The third-order valence-corrected chi connectivity index (χ3v) is 3.84. The molecule has 0 aliphatic rings. The predicted octanol–water partition coefficient (Wildman–Crippen LogP) is 0.721. The van der Waals surface area contributed by atoms with E-state index >= 15 is 0 Å². The monoisotopic (exact) mass is 297 g/mol. The highest BCUT2D eigenvalue weighted by atomic mass is 32.2. The van der Waals surface area contributed by atoms with Crippen LogP contribution in [0.25, 0.3) is 0 Å². The first-order chi connectivity index (χ1) is 8.97. The molecule has 3 N–H and O–H groups in total. The van der Waals surface area contributed by atoms with Crippen LogP contribution >= 0.6 is 11.3 Å². The number of amides is 1. The van der Waals surface area contributed by atoms with E-state index in [0.717, 1.165) is 0 Å². The van der Waals surface area contributed by atoms with Crippen LogP contribution in [-0.2, 0) is 16.6 Å². The van der Waals surface area contributed by atoms with E-state index in [9.17, 15) is 13.2 Å². The third-order valence-electron chi connectivity index (χ3n) is 2.35. The fourth-order valence-corrected chi connectivity index (χ4v) is 2.55. The van der Waals surface area contributed by atoms with Crippen LogP contribution in [0, 0.1) is 0 Å². The van der Waals surface area contributed by atoms with Crippen LogP contribution < -0.4 is 10.5 Å². The summed E-state index contributed by atoms with van der Waals surface area (Å²) in [6, 6.07) is 6.11. The topological polar surface area (TPSA) is 102 Å². The van der Waals surface area contributed by atoms with E-state index in [-0.39, 0.29) is 17.3 Å². The average Bonchev–Trinajstić information content (AvgIpc) is 2.89. The lowest BCUT2D eigenvalue weighted by Crippen LogP contribution is -2.23. The molecule has 0 unspecified atom stereocenters. The molecule has 6 nitrogen and oxygen atoms in total. The van der Waals surface area contributed by atoms with E-state index in [1.807, 2.05) is 0 Å². The number of carbonyl (C=O) groups is 1. The van der Waals surface area contributed by atoms with Gasteiger partial charge in [0.2, 0.25) is 10.0 Å². The Bertz CT molecular complexity index is 681. The van der Waals surface area contributed by atoms with Gasteiger partial charge in [-0.2, -0.15) is 0 Å². The van der Waals surface area contributed by atoms with Gasteiger partial charge in [0.05, 0.1) is 10.4 Å². The van der Waals surface area contributed by atoms with Crippen molar-refractivity contribution in [1.82, 2.24) is 10.3 Å². The zero-order valence-corrected chi connectivity index (χ0v) is 11.4. The highest BCUT2D eigenvalue weighted by Crippen LogP contribution is 2.10. The fourth-order valence-electron chi connectivity index (χ4n) is 1.43. The summed E-state index contributed by atoms with van der Waals surface area (Å²) in [6.07, 6.45) is 0. The standard InChI is InChI=1S/C11H11N3O3S2/c12-19(16,17)9-3-1-2-8(4-9)5-13-11(15)10-6-18-7-14-10/h1-4,6-7H,5H2,(H,13,15)(H2,12,16,17). The molecule has 1 aromatic carbocycles. The minimum absolute atomic E-state index is 0.0212. The van der Waals surface area contributed by atoms with E-state index in [0.29, 0.717) is 11.3 Å². The van der Waals surface area contributed by atoms with Gasteiger partial charge in [0.25, 0.3) is 5.91 Å². The summed E-state index contributed by atoms with van der Waals surface area (Å²) in [5, 5.41) is 9.32. The number of aromatic nitrogens is 1. The van der Waals surface area contributed by atoms with Crippen molar-refractivity contribution in [3.63, 3.8) is 0 Å². The minimum atomic E-state index is -3.73. The molecule has 19 heavy (non-hydrogen) atoms. The van der Waals surface area contributed by atoms with Gasteiger partial charge in [-0.1, -0.05) is 12.1 Å². The number of nitrogens with two attached hydrogens (primary N) is 1. The Hall–Kier alpha value is -1.77. The number of nitrogens with zero attached hydrogens (tertiary/aromatic N) is 1. The molecule has 2 rings (SSSR count). The molecule has 0 aliphatic carbocycles. The SMILES string of the molecule is NS(=O)(=O)c1cccc(CNC(=O)c2cscn2)c1. The highest BCUT2D eigenvalue weighted by molar-refractivity contribution is 7.89. The van der Waals surface area contributed by atoms with E-state index in [1.165, 1.54) is 23.5 Å². The number of nitrogens with one attached hydrogen (secondary N) is 1. The Morgan fingerprint density at radius 3 is 2.84 bits per heavy atom. The minimum Gasteiger partial charge on any atom is -0.347 e. The summed E-state index contributed by atoms with van der Waals surface area (Å²) in [4.78, 5) is 15.5.